The molecule has 3 heterocycles. The van der Waals surface area contributed by atoms with Gasteiger partial charge < -0.3 is 14.5 Å². The fourth-order valence-corrected chi connectivity index (χ4v) is 6.04. The van der Waals surface area contributed by atoms with Crippen molar-refractivity contribution < 1.29 is 4.74 Å². The van der Waals surface area contributed by atoms with Crippen molar-refractivity contribution in [3.8, 4) is 5.75 Å². The van der Waals surface area contributed by atoms with Gasteiger partial charge in [0, 0.05) is 31.2 Å². The minimum Gasteiger partial charge on any atom is -0.497 e. The Labute approximate surface area is 176 Å². The number of benzene rings is 2. The van der Waals surface area contributed by atoms with E-state index in [0.717, 1.165) is 73.2 Å². The van der Waals surface area contributed by atoms with Crippen molar-refractivity contribution in [2.45, 2.75) is 6.92 Å². The van der Waals surface area contributed by atoms with Gasteiger partial charge in [0.15, 0.2) is 10.3 Å². The smallest absolute Gasteiger partial charge is 0.186 e. The highest BCUT2D eigenvalue weighted by atomic mass is 35.5. The van der Waals surface area contributed by atoms with Crippen LogP contribution >= 0.6 is 34.3 Å². The van der Waals surface area contributed by atoms with Gasteiger partial charge in [-0.15, -0.1) is 0 Å². The van der Waals surface area contributed by atoms with Crippen LogP contribution in [0.5, 0.6) is 5.75 Å². The molecule has 0 atom stereocenters. The number of anilines is 2. The summed E-state index contributed by atoms with van der Waals surface area (Å²) in [5.74, 6) is 0.874. The molecule has 0 bridgehead atoms. The van der Waals surface area contributed by atoms with Crippen molar-refractivity contribution >= 4 is 65.0 Å². The Morgan fingerprint density at radius 2 is 1.61 bits per heavy atom. The molecule has 1 aliphatic rings. The molecule has 0 saturated carbocycles. The molecular formula is C20H19ClN4OS2. The predicted octanol–water partition coefficient (Wildman–Crippen LogP) is 5.20. The first-order chi connectivity index (χ1) is 13.6. The van der Waals surface area contributed by atoms with Crippen LogP contribution in [0.25, 0.3) is 20.4 Å². The zero-order valence-electron chi connectivity index (χ0n) is 15.6. The maximum Gasteiger partial charge on any atom is 0.186 e. The quantitative estimate of drug-likeness (QED) is 0.446. The molecule has 2 aromatic carbocycles. The van der Waals surface area contributed by atoms with Gasteiger partial charge in [0.2, 0.25) is 0 Å². The zero-order valence-corrected chi connectivity index (χ0v) is 18.0. The molecule has 0 radical (unpaired) electrons. The molecule has 1 fully saturated rings. The molecule has 4 aromatic rings. The summed E-state index contributed by atoms with van der Waals surface area (Å²) in [6.07, 6.45) is 0. The van der Waals surface area contributed by atoms with Gasteiger partial charge in [0.25, 0.3) is 0 Å². The monoisotopic (exact) mass is 430 g/mol. The molecule has 1 saturated heterocycles. The first-order valence-electron chi connectivity index (χ1n) is 9.12. The van der Waals surface area contributed by atoms with E-state index in [0.29, 0.717) is 0 Å². The number of nitrogens with zero attached hydrogens (tertiary/aromatic N) is 4. The van der Waals surface area contributed by atoms with E-state index >= 15 is 0 Å². The maximum atomic E-state index is 6.20. The molecular weight excluding hydrogens is 412 g/mol. The van der Waals surface area contributed by atoms with E-state index < -0.39 is 0 Å². The average molecular weight is 431 g/mol. The lowest BCUT2D eigenvalue weighted by atomic mass is 10.2. The summed E-state index contributed by atoms with van der Waals surface area (Å²) in [5.41, 5.74) is 3.22. The zero-order chi connectivity index (χ0) is 19.3. The van der Waals surface area contributed by atoms with Gasteiger partial charge in [-0.05, 0) is 42.8 Å². The lowest BCUT2D eigenvalue weighted by molar-refractivity contribution is 0.415. The van der Waals surface area contributed by atoms with Crippen LogP contribution in [0, 0.1) is 6.92 Å². The maximum absolute atomic E-state index is 6.20. The van der Waals surface area contributed by atoms with E-state index in [1.54, 1.807) is 29.8 Å². The van der Waals surface area contributed by atoms with Crippen LogP contribution in [0.15, 0.2) is 30.3 Å². The molecule has 0 amide bonds. The first-order valence-corrected chi connectivity index (χ1v) is 11.1. The highest BCUT2D eigenvalue weighted by molar-refractivity contribution is 7.22. The van der Waals surface area contributed by atoms with Gasteiger partial charge in [-0.25, -0.2) is 9.97 Å². The van der Waals surface area contributed by atoms with Crippen molar-refractivity contribution in [2.75, 3.05) is 43.1 Å². The Morgan fingerprint density at radius 1 is 0.929 bits per heavy atom. The Bertz CT molecular complexity index is 1160. The number of aromatic nitrogens is 2. The van der Waals surface area contributed by atoms with E-state index in [-0.39, 0.29) is 0 Å². The van der Waals surface area contributed by atoms with E-state index in [9.17, 15) is 0 Å². The van der Waals surface area contributed by atoms with Crippen LogP contribution in [0.2, 0.25) is 5.02 Å². The second-order valence-electron chi connectivity index (χ2n) is 6.87. The summed E-state index contributed by atoms with van der Waals surface area (Å²) in [4.78, 5) is 14.4. The van der Waals surface area contributed by atoms with Gasteiger partial charge in [-0.3, -0.25) is 0 Å². The Kier molecular flexibility index (Phi) is 4.53. The third kappa shape index (κ3) is 3.17. The fraction of sp³-hybridized carbons (Fsp3) is 0.300. The van der Waals surface area contributed by atoms with Crippen molar-refractivity contribution in [3.63, 3.8) is 0 Å². The SMILES string of the molecule is COc1ccc2nc(N3CCN(c4nc5c(C)cc(Cl)cc5s4)CC3)sc2c1. The number of thiazole rings is 2. The van der Waals surface area contributed by atoms with Gasteiger partial charge in [0.1, 0.15) is 5.75 Å². The molecule has 0 N–H and O–H groups in total. The fourth-order valence-electron chi connectivity index (χ4n) is 3.52. The van der Waals surface area contributed by atoms with Crippen molar-refractivity contribution in [1.29, 1.82) is 0 Å². The van der Waals surface area contributed by atoms with E-state index in [1.807, 2.05) is 24.3 Å². The van der Waals surface area contributed by atoms with E-state index in [1.165, 1.54) is 0 Å². The first kappa shape index (κ1) is 18.0. The normalized spacial score (nSPS) is 15.0. The molecule has 8 heteroatoms. The van der Waals surface area contributed by atoms with Crippen LogP contribution < -0.4 is 14.5 Å². The summed E-state index contributed by atoms with van der Waals surface area (Å²) in [6.45, 7) is 5.81. The highest BCUT2D eigenvalue weighted by Gasteiger charge is 2.22. The average Bonchev–Trinajstić information content (AvgIpc) is 3.31. The summed E-state index contributed by atoms with van der Waals surface area (Å²) in [7, 11) is 1.69. The summed E-state index contributed by atoms with van der Waals surface area (Å²) >= 11 is 9.65. The Balaban J connectivity index is 1.34. The predicted molar refractivity (Wildman–Crippen MR) is 120 cm³/mol. The molecule has 0 aliphatic carbocycles. The number of rotatable bonds is 3. The number of ether oxygens (including phenoxy) is 1. The summed E-state index contributed by atoms with van der Waals surface area (Å²) < 4.78 is 7.64. The van der Waals surface area contributed by atoms with Gasteiger partial charge in [0.05, 0.1) is 27.5 Å². The highest BCUT2D eigenvalue weighted by Crippen LogP contribution is 2.35. The Morgan fingerprint density at radius 3 is 2.32 bits per heavy atom. The second kappa shape index (κ2) is 7.06. The second-order valence-corrected chi connectivity index (χ2v) is 9.32. The number of fused-ring (bicyclic) bond motifs is 2. The standard InChI is InChI=1S/C20H19ClN4OS2/c1-12-9-13(21)10-17-18(12)23-20(28-17)25-7-5-24(6-8-25)19-22-15-4-3-14(26-2)11-16(15)27-19/h3-4,9-11H,5-8H2,1-2H3. The van der Waals surface area contributed by atoms with Crippen LogP contribution in [-0.4, -0.2) is 43.3 Å². The minimum atomic E-state index is 0.775. The largest absolute Gasteiger partial charge is 0.497 e. The van der Waals surface area contributed by atoms with Crippen LogP contribution in [0.4, 0.5) is 10.3 Å². The van der Waals surface area contributed by atoms with Crippen LogP contribution in [0.1, 0.15) is 5.56 Å². The molecule has 2 aromatic heterocycles. The number of piperazine rings is 1. The summed E-state index contributed by atoms with van der Waals surface area (Å²) in [6, 6.07) is 10.0. The van der Waals surface area contributed by atoms with Gasteiger partial charge >= 0.3 is 0 Å². The number of aryl methyl sites for hydroxylation is 1. The van der Waals surface area contributed by atoms with E-state index in [4.69, 9.17) is 26.3 Å². The van der Waals surface area contributed by atoms with E-state index in [2.05, 4.69) is 22.8 Å². The van der Waals surface area contributed by atoms with Gasteiger partial charge in [-0.2, -0.15) is 0 Å². The molecule has 144 valence electrons. The van der Waals surface area contributed by atoms with Crippen molar-refractivity contribution in [3.05, 3.63) is 40.9 Å². The lowest BCUT2D eigenvalue weighted by Crippen LogP contribution is -2.46. The van der Waals surface area contributed by atoms with Gasteiger partial charge in [-0.1, -0.05) is 34.3 Å². The summed E-state index contributed by atoms with van der Waals surface area (Å²) in [5, 5.41) is 2.93. The third-order valence-corrected chi connectivity index (χ3v) is 7.40. The molecule has 5 rings (SSSR count). The van der Waals surface area contributed by atoms with Crippen LogP contribution in [-0.2, 0) is 0 Å². The van der Waals surface area contributed by atoms with Crippen LogP contribution in [0.3, 0.4) is 0 Å². The molecule has 0 spiro atoms. The number of halogens is 1. The lowest BCUT2D eigenvalue weighted by Gasteiger charge is -2.34. The Hall–Kier alpha value is -2.09. The number of hydrogen-bond acceptors (Lipinski definition) is 7. The van der Waals surface area contributed by atoms with Crippen molar-refractivity contribution in [2.24, 2.45) is 0 Å². The number of methoxy groups -OCH3 is 1. The minimum absolute atomic E-state index is 0.775. The topological polar surface area (TPSA) is 41.5 Å². The molecule has 1 aliphatic heterocycles. The third-order valence-electron chi connectivity index (χ3n) is 5.04. The van der Waals surface area contributed by atoms with Crippen molar-refractivity contribution in [1.82, 2.24) is 9.97 Å². The molecule has 0 unspecified atom stereocenters. The molecule has 28 heavy (non-hydrogen) atoms. The molecule has 5 nitrogen and oxygen atoms in total. The number of hydrogen-bond donors (Lipinski definition) is 0.